The number of methoxy groups -OCH3 is 3. The maximum absolute atomic E-state index is 6.03. The molecule has 0 spiro atoms. The quantitative estimate of drug-likeness (QED) is 0.738. The zero-order chi connectivity index (χ0) is 14.3. The van der Waals surface area contributed by atoms with Crippen molar-refractivity contribution < 1.29 is 14.2 Å². The molecule has 0 saturated heterocycles. The molecule has 1 unspecified atom stereocenters. The number of nitrogens with zero attached hydrogens (tertiary/aromatic N) is 3. The molecule has 0 bridgehead atoms. The first-order valence-electron chi connectivity index (χ1n) is 6.04. The van der Waals surface area contributed by atoms with Crippen molar-refractivity contribution in [3.8, 4) is 5.88 Å². The molecule has 0 aliphatic rings. The maximum atomic E-state index is 6.03. The van der Waals surface area contributed by atoms with Crippen molar-refractivity contribution in [2.24, 2.45) is 0 Å². The molecule has 0 fully saturated rings. The van der Waals surface area contributed by atoms with Gasteiger partial charge in [0.25, 0.3) is 0 Å². The Balaban J connectivity index is 3.02. The largest absolute Gasteiger partial charge is 0.479 e. The lowest BCUT2D eigenvalue weighted by Crippen LogP contribution is -2.39. The summed E-state index contributed by atoms with van der Waals surface area (Å²) < 4.78 is 15.4. The average Bonchev–Trinajstić information content (AvgIpc) is 2.41. The highest BCUT2D eigenvalue weighted by molar-refractivity contribution is 5.68. The predicted octanol–water partition coefficient (Wildman–Crippen LogP) is 0.555. The van der Waals surface area contributed by atoms with Gasteiger partial charge in [-0.3, -0.25) is 0 Å². The molecule has 108 valence electrons. The third-order valence-electron chi connectivity index (χ3n) is 2.77. The van der Waals surface area contributed by atoms with Crippen molar-refractivity contribution >= 4 is 11.5 Å². The molecular formula is C12H22N4O3. The van der Waals surface area contributed by atoms with Gasteiger partial charge in [0.1, 0.15) is 12.0 Å². The van der Waals surface area contributed by atoms with E-state index in [9.17, 15) is 0 Å². The average molecular weight is 270 g/mol. The monoisotopic (exact) mass is 270 g/mol. The van der Waals surface area contributed by atoms with Crippen LogP contribution in [-0.2, 0) is 9.47 Å². The Morgan fingerprint density at radius 1 is 1.26 bits per heavy atom. The van der Waals surface area contributed by atoms with Gasteiger partial charge in [-0.2, -0.15) is 4.98 Å². The van der Waals surface area contributed by atoms with E-state index in [0.717, 1.165) is 0 Å². The first kappa shape index (κ1) is 15.5. The molecule has 7 heteroatoms. The Morgan fingerprint density at radius 3 is 2.58 bits per heavy atom. The molecule has 7 nitrogen and oxygen atoms in total. The van der Waals surface area contributed by atoms with Gasteiger partial charge < -0.3 is 24.8 Å². The molecule has 0 saturated carbocycles. The summed E-state index contributed by atoms with van der Waals surface area (Å²) in [5.41, 5.74) is 6.45. The molecule has 2 N–H and O–H groups in total. The molecule has 1 aromatic heterocycles. The van der Waals surface area contributed by atoms with Crippen LogP contribution in [0.25, 0.3) is 0 Å². The first-order chi connectivity index (χ1) is 9.15. The van der Waals surface area contributed by atoms with Gasteiger partial charge in [-0.15, -0.1) is 0 Å². The lowest BCUT2D eigenvalue weighted by atomic mass is 10.2. The van der Waals surface area contributed by atoms with E-state index in [1.165, 1.54) is 13.4 Å². The van der Waals surface area contributed by atoms with Crippen LogP contribution in [0.5, 0.6) is 5.88 Å². The molecule has 1 atom stereocenters. The number of hydrogen-bond donors (Lipinski definition) is 1. The van der Waals surface area contributed by atoms with E-state index in [2.05, 4.69) is 9.97 Å². The Kier molecular flexibility index (Phi) is 6.31. The fourth-order valence-corrected chi connectivity index (χ4v) is 1.82. The summed E-state index contributed by atoms with van der Waals surface area (Å²) in [4.78, 5) is 10.2. The highest BCUT2D eigenvalue weighted by atomic mass is 16.5. The van der Waals surface area contributed by atoms with E-state index in [1.807, 2.05) is 11.8 Å². The second-order valence-corrected chi connectivity index (χ2v) is 4.11. The van der Waals surface area contributed by atoms with E-state index in [0.29, 0.717) is 37.1 Å². The van der Waals surface area contributed by atoms with Crippen LogP contribution >= 0.6 is 0 Å². The number of nitrogen functional groups attached to an aromatic ring is 1. The molecule has 1 aromatic rings. The van der Waals surface area contributed by atoms with Crippen LogP contribution in [0.2, 0.25) is 0 Å². The lowest BCUT2D eigenvalue weighted by molar-refractivity contribution is 0.170. The van der Waals surface area contributed by atoms with Crippen LogP contribution in [0, 0.1) is 0 Å². The number of hydrogen-bond acceptors (Lipinski definition) is 7. The molecule has 0 amide bonds. The second kappa shape index (κ2) is 7.75. The van der Waals surface area contributed by atoms with E-state index in [4.69, 9.17) is 19.9 Å². The van der Waals surface area contributed by atoms with Gasteiger partial charge >= 0.3 is 0 Å². The zero-order valence-corrected chi connectivity index (χ0v) is 11.9. The second-order valence-electron chi connectivity index (χ2n) is 4.11. The van der Waals surface area contributed by atoms with Crippen molar-refractivity contribution in [2.75, 3.05) is 51.7 Å². The van der Waals surface area contributed by atoms with Crippen molar-refractivity contribution in [1.82, 2.24) is 9.97 Å². The molecule has 0 aliphatic carbocycles. The van der Waals surface area contributed by atoms with Crippen molar-refractivity contribution in [3.05, 3.63) is 6.33 Å². The van der Waals surface area contributed by atoms with Gasteiger partial charge in [0, 0.05) is 20.8 Å². The van der Waals surface area contributed by atoms with E-state index >= 15 is 0 Å². The predicted molar refractivity (Wildman–Crippen MR) is 73.6 cm³/mol. The molecule has 0 aromatic carbocycles. The Hall–Kier alpha value is -1.60. The van der Waals surface area contributed by atoms with Crippen LogP contribution in [0.4, 0.5) is 11.5 Å². The fraction of sp³-hybridized carbons (Fsp3) is 0.667. The summed E-state index contributed by atoms with van der Waals surface area (Å²) in [5, 5.41) is 0. The molecular weight excluding hydrogens is 248 g/mol. The Bertz CT molecular complexity index is 389. The van der Waals surface area contributed by atoms with Gasteiger partial charge in [0.2, 0.25) is 5.88 Å². The third-order valence-corrected chi connectivity index (χ3v) is 2.77. The van der Waals surface area contributed by atoms with E-state index in [-0.39, 0.29) is 6.04 Å². The van der Waals surface area contributed by atoms with Gasteiger partial charge in [0.15, 0.2) is 5.82 Å². The van der Waals surface area contributed by atoms with Crippen LogP contribution in [0.15, 0.2) is 6.33 Å². The first-order valence-corrected chi connectivity index (χ1v) is 6.04. The summed E-state index contributed by atoms with van der Waals surface area (Å²) >= 11 is 0. The number of nitrogens with two attached hydrogens (primary N) is 1. The van der Waals surface area contributed by atoms with Crippen LogP contribution < -0.4 is 15.4 Å². The minimum absolute atomic E-state index is 0.113. The summed E-state index contributed by atoms with van der Waals surface area (Å²) in [6, 6.07) is 0.113. The molecule has 0 radical (unpaired) electrons. The van der Waals surface area contributed by atoms with Gasteiger partial charge in [-0.1, -0.05) is 0 Å². The topological polar surface area (TPSA) is 82.7 Å². The normalized spacial score (nSPS) is 12.2. The third kappa shape index (κ3) is 3.93. The van der Waals surface area contributed by atoms with Crippen LogP contribution in [0.3, 0.4) is 0 Å². The van der Waals surface area contributed by atoms with Crippen LogP contribution in [-0.4, -0.2) is 57.1 Å². The molecule has 1 heterocycles. The Labute approximate surface area is 113 Å². The van der Waals surface area contributed by atoms with E-state index < -0.39 is 0 Å². The highest BCUT2D eigenvalue weighted by Crippen LogP contribution is 2.28. The number of aromatic nitrogens is 2. The van der Waals surface area contributed by atoms with Gasteiger partial charge in [0.05, 0.1) is 26.4 Å². The SMILES string of the molecule is COCCN(c1ncnc(OC)c1N)C(C)COC. The summed E-state index contributed by atoms with van der Waals surface area (Å²) in [5.74, 6) is 1.01. The summed E-state index contributed by atoms with van der Waals surface area (Å²) in [6.07, 6.45) is 1.43. The summed E-state index contributed by atoms with van der Waals surface area (Å²) in [6.45, 7) is 3.83. The van der Waals surface area contributed by atoms with E-state index in [1.54, 1.807) is 14.2 Å². The fourth-order valence-electron chi connectivity index (χ4n) is 1.82. The number of rotatable bonds is 8. The smallest absolute Gasteiger partial charge is 0.242 e. The zero-order valence-electron chi connectivity index (χ0n) is 11.9. The highest BCUT2D eigenvalue weighted by Gasteiger charge is 2.20. The lowest BCUT2D eigenvalue weighted by Gasteiger charge is -2.30. The molecule has 19 heavy (non-hydrogen) atoms. The molecule has 1 rings (SSSR count). The van der Waals surface area contributed by atoms with Gasteiger partial charge in [-0.25, -0.2) is 4.98 Å². The number of anilines is 2. The maximum Gasteiger partial charge on any atom is 0.242 e. The molecule has 0 aliphatic heterocycles. The standard InChI is InChI=1S/C12H22N4O3/c1-9(7-18-3)16(5-6-17-2)11-10(13)12(19-4)15-8-14-11/h8-9H,5-7,13H2,1-4H3. The van der Waals surface area contributed by atoms with Crippen LogP contribution in [0.1, 0.15) is 6.92 Å². The summed E-state index contributed by atoms with van der Waals surface area (Å²) in [7, 11) is 4.85. The Morgan fingerprint density at radius 2 is 2.00 bits per heavy atom. The number of ether oxygens (including phenoxy) is 3. The van der Waals surface area contributed by atoms with Crippen molar-refractivity contribution in [2.45, 2.75) is 13.0 Å². The van der Waals surface area contributed by atoms with Gasteiger partial charge in [-0.05, 0) is 6.92 Å². The minimum atomic E-state index is 0.113. The minimum Gasteiger partial charge on any atom is -0.479 e. The van der Waals surface area contributed by atoms with Crippen molar-refractivity contribution in [1.29, 1.82) is 0 Å². The van der Waals surface area contributed by atoms with Crippen molar-refractivity contribution in [3.63, 3.8) is 0 Å².